The summed E-state index contributed by atoms with van der Waals surface area (Å²) in [7, 11) is 0. The second-order valence-electron chi connectivity index (χ2n) is 7.79. The Hall–Kier alpha value is -2.00. The van der Waals surface area contributed by atoms with Gasteiger partial charge < -0.3 is 10.2 Å². The third-order valence-electron chi connectivity index (χ3n) is 6.27. The Morgan fingerprint density at radius 2 is 1.80 bits per heavy atom. The van der Waals surface area contributed by atoms with E-state index in [1.807, 2.05) is 24.3 Å². The number of nitrogens with zero attached hydrogens (tertiary/aromatic N) is 1. The maximum atomic E-state index is 9.89. The zero-order valence-corrected chi connectivity index (χ0v) is 14.7. The molecule has 2 N–H and O–H groups in total. The van der Waals surface area contributed by atoms with Crippen molar-refractivity contribution in [1.82, 2.24) is 4.90 Å². The number of benzene rings is 2. The van der Waals surface area contributed by atoms with Crippen LogP contribution in [0.5, 0.6) is 11.5 Å². The van der Waals surface area contributed by atoms with Gasteiger partial charge in [-0.3, -0.25) is 4.90 Å². The first kappa shape index (κ1) is 16.5. The van der Waals surface area contributed by atoms with Crippen LogP contribution in [0.1, 0.15) is 43.2 Å². The van der Waals surface area contributed by atoms with Gasteiger partial charge in [0.15, 0.2) is 0 Å². The van der Waals surface area contributed by atoms with Crippen molar-refractivity contribution >= 4 is 0 Å². The quantitative estimate of drug-likeness (QED) is 0.877. The van der Waals surface area contributed by atoms with Gasteiger partial charge in [-0.2, -0.15) is 0 Å². The topological polar surface area (TPSA) is 43.7 Å². The SMILES string of the molecule is Oc1cccc(CCN2CC[C@@]3(c4cccc(O)c4)CCC[C@@H]2C3)c1. The van der Waals surface area contributed by atoms with Crippen LogP contribution in [0, 0.1) is 0 Å². The highest BCUT2D eigenvalue weighted by Crippen LogP contribution is 2.47. The molecule has 1 aliphatic carbocycles. The lowest BCUT2D eigenvalue weighted by atomic mass is 9.63. The van der Waals surface area contributed by atoms with Crippen molar-refractivity contribution in [3.05, 3.63) is 59.7 Å². The minimum atomic E-state index is 0.253. The first-order chi connectivity index (χ1) is 12.1. The molecule has 2 aromatic rings. The fourth-order valence-electron chi connectivity index (χ4n) is 4.93. The summed E-state index contributed by atoms with van der Waals surface area (Å²) in [6.07, 6.45) is 7.16. The molecule has 0 aromatic heterocycles. The third-order valence-corrected chi connectivity index (χ3v) is 6.27. The molecule has 2 fully saturated rings. The van der Waals surface area contributed by atoms with Gasteiger partial charge in [-0.25, -0.2) is 0 Å². The number of phenolic OH excluding ortho intramolecular Hbond substituents is 2. The molecule has 1 saturated carbocycles. The van der Waals surface area contributed by atoms with E-state index < -0.39 is 0 Å². The monoisotopic (exact) mass is 337 g/mol. The molecule has 0 amide bonds. The average molecular weight is 337 g/mol. The summed E-state index contributed by atoms with van der Waals surface area (Å²) in [5.74, 6) is 0.747. The van der Waals surface area contributed by atoms with Crippen molar-refractivity contribution < 1.29 is 10.2 Å². The van der Waals surface area contributed by atoms with E-state index in [1.54, 1.807) is 12.1 Å². The van der Waals surface area contributed by atoms with E-state index in [2.05, 4.69) is 17.0 Å². The number of likely N-dealkylation sites (tertiary alicyclic amines) is 1. The molecule has 0 unspecified atom stereocenters. The number of phenols is 2. The minimum Gasteiger partial charge on any atom is -0.508 e. The molecular weight excluding hydrogens is 310 g/mol. The highest BCUT2D eigenvalue weighted by Gasteiger charge is 2.43. The van der Waals surface area contributed by atoms with Crippen LogP contribution < -0.4 is 0 Å². The first-order valence-electron chi connectivity index (χ1n) is 9.46. The Morgan fingerprint density at radius 1 is 1.00 bits per heavy atom. The molecule has 0 radical (unpaired) electrons. The number of rotatable bonds is 4. The van der Waals surface area contributed by atoms with Gasteiger partial charge >= 0.3 is 0 Å². The Morgan fingerprint density at radius 3 is 2.60 bits per heavy atom. The van der Waals surface area contributed by atoms with Gasteiger partial charge in [0.25, 0.3) is 0 Å². The standard InChI is InChI=1S/C22H27NO2/c24-20-7-1-4-17(14-20)9-12-23-13-11-22(10-3-6-19(23)16-22)18-5-2-8-21(25)15-18/h1-2,4-5,7-8,14-15,19,24-25H,3,6,9-13,16H2/t19-,22+/m1/s1. The molecule has 1 aliphatic heterocycles. The fourth-order valence-corrected chi connectivity index (χ4v) is 4.93. The summed E-state index contributed by atoms with van der Waals surface area (Å²) >= 11 is 0. The Balaban J connectivity index is 1.45. The number of piperidine rings is 1. The zero-order valence-electron chi connectivity index (χ0n) is 14.7. The molecule has 3 heteroatoms. The molecule has 1 saturated heterocycles. The molecule has 3 nitrogen and oxygen atoms in total. The van der Waals surface area contributed by atoms with E-state index >= 15 is 0 Å². The van der Waals surface area contributed by atoms with Crippen LogP contribution in [0.15, 0.2) is 48.5 Å². The number of hydrogen-bond acceptors (Lipinski definition) is 3. The summed E-state index contributed by atoms with van der Waals surface area (Å²) in [5.41, 5.74) is 2.79. The highest BCUT2D eigenvalue weighted by molar-refractivity contribution is 5.34. The smallest absolute Gasteiger partial charge is 0.115 e. The molecule has 2 bridgehead atoms. The summed E-state index contributed by atoms with van der Waals surface area (Å²) in [4.78, 5) is 2.64. The van der Waals surface area contributed by atoms with Gasteiger partial charge in [0.05, 0.1) is 0 Å². The van der Waals surface area contributed by atoms with Crippen molar-refractivity contribution in [3.8, 4) is 11.5 Å². The Labute approximate surface area is 149 Å². The second kappa shape index (κ2) is 6.72. The maximum Gasteiger partial charge on any atom is 0.115 e. The van der Waals surface area contributed by atoms with Crippen LogP contribution >= 0.6 is 0 Å². The normalized spacial score (nSPS) is 26.5. The summed E-state index contributed by atoms with van der Waals surface area (Å²) in [6.45, 7) is 2.18. The maximum absolute atomic E-state index is 9.89. The van der Waals surface area contributed by atoms with E-state index in [1.165, 1.54) is 43.2 Å². The van der Waals surface area contributed by atoms with Crippen LogP contribution in [0.3, 0.4) is 0 Å². The van der Waals surface area contributed by atoms with Gasteiger partial charge in [-0.1, -0.05) is 30.7 Å². The van der Waals surface area contributed by atoms with Gasteiger partial charge in [-0.15, -0.1) is 0 Å². The van der Waals surface area contributed by atoms with Crippen LogP contribution in [0.25, 0.3) is 0 Å². The van der Waals surface area contributed by atoms with E-state index in [-0.39, 0.29) is 5.41 Å². The van der Waals surface area contributed by atoms with Crippen LogP contribution in [-0.4, -0.2) is 34.2 Å². The average Bonchev–Trinajstić information content (AvgIpc) is 2.61. The van der Waals surface area contributed by atoms with Gasteiger partial charge in [0.1, 0.15) is 11.5 Å². The second-order valence-corrected chi connectivity index (χ2v) is 7.79. The first-order valence-corrected chi connectivity index (χ1v) is 9.46. The van der Waals surface area contributed by atoms with Crippen LogP contribution in [0.4, 0.5) is 0 Å². The molecular formula is C22H27NO2. The van der Waals surface area contributed by atoms with Gasteiger partial charge in [0.2, 0.25) is 0 Å². The number of fused-ring (bicyclic) bond motifs is 2. The number of hydrogen-bond donors (Lipinski definition) is 2. The largest absolute Gasteiger partial charge is 0.508 e. The van der Waals surface area contributed by atoms with E-state index in [9.17, 15) is 10.2 Å². The lowest BCUT2D eigenvalue weighted by Gasteiger charge is -2.51. The summed E-state index contributed by atoms with van der Waals surface area (Å²) in [5, 5.41) is 19.5. The fraction of sp³-hybridized carbons (Fsp3) is 0.455. The molecule has 2 aromatic carbocycles. The predicted octanol–water partition coefficient (Wildman–Crippen LogP) is 4.23. The zero-order chi connectivity index (χ0) is 17.3. The molecule has 1 heterocycles. The molecule has 25 heavy (non-hydrogen) atoms. The van der Waals surface area contributed by atoms with Gasteiger partial charge in [-0.05, 0) is 79.5 Å². The Bertz CT molecular complexity index is 744. The lowest BCUT2D eigenvalue weighted by molar-refractivity contribution is 0.0524. The van der Waals surface area contributed by atoms with Crippen LogP contribution in [0.2, 0.25) is 0 Å². The molecule has 0 spiro atoms. The number of aromatic hydroxyl groups is 2. The molecule has 132 valence electrons. The van der Waals surface area contributed by atoms with Crippen molar-refractivity contribution in [1.29, 1.82) is 0 Å². The van der Waals surface area contributed by atoms with Crippen molar-refractivity contribution in [2.24, 2.45) is 0 Å². The summed E-state index contributed by atoms with van der Waals surface area (Å²) in [6, 6.07) is 16.2. The van der Waals surface area contributed by atoms with E-state index in [4.69, 9.17) is 0 Å². The lowest BCUT2D eigenvalue weighted by Crippen LogP contribution is -2.52. The molecule has 2 aliphatic rings. The third kappa shape index (κ3) is 3.38. The minimum absolute atomic E-state index is 0.253. The molecule has 4 rings (SSSR count). The van der Waals surface area contributed by atoms with E-state index in [0.717, 1.165) is 19.5 Å². The molecule has 2 atom stereocenters. The predicted molar refractivity (Wildman–Crippen MR) is 100 cm³/mol. The van der Waals surface area contributed by atoms with Crippen molar-refractivity contribution in [2.75, 3.05) is 13.1 Å². The van der Waals surface area contributed by atoms with Crippen molar-refractivity contribution in [2.45, 2.75) is 50.0 Å². The summed E-state index contributed by atoms with van der Waals surface area (Å²) < 4.78 is 0. The van der Waals surface area contributed by atoms with Crippen molar-refractivity contribution in [3.63, 3.8) is 0 Å². The van der Waals surface area contributed by atoms with Gasteiger partial charge in [0, 0.05) is 12.6 Å². The Kier molecular flexibility index (Phi) is 4.43. The van der Waals surface area contributed by atoms with Crippen LogP contribution in [-0.2, 0) is 11.8 Å². The highest BCUT2D eigenvalue weighted by atomic mass is 16.3. The van der Waals surface area contributed by atoms with E-state index in [0.29, 0.717) is 17.5 Å².